The van der Waals surface area contributed by atoms with Crippen molar-refractivity contribution in [3.63, 3.8) is 0 Å². The maximum atomic E-state index is 11.9. The van der Waals surface area contributed by atoms with Crippen LogP contribution in [0.3, 0.4) is 0 Å². The molecule has 0 aromatic heterocycles. The first kappa shape index (κ1) is 20.4. The Morgan fingerprint density at radius 1 is 1.37 bits per heavy atom. The van der Waals surface area contributed by atoms with Crippen molar-refractivity contribution in [3.05, 3.63) is 62.1 Å². The fourth-order valence-corrected chi connectivity index (χ4v) is 2.60. The Morgan fingerprint density at radius 2 is 2.11 bits per heavy atom. The molecule has 27 heavy (non-hydrogen) atoms. The molecule has 0 radical (unpaired) electrons. The Kier molecular flexibility index (Phi) is 6.89. The first-order valence-electron chi connectivity index (χ1n) is 7.99. The van der Waals surface area contributed by atoms with Crippen molar-refractivity contribution < 1.29 is 19.6 Å². The van der Waals surface area contributed by atoms with Crippen molar-refractivity contribution in [1.29, 1.82) is 0 Å². The molecular formula is C18H18BrN3O5. The van der Waals surface area contributed by atoms with Crippen LogP contribution in [0.25, 0.3) is 0 Å². The molecule has 2 rings (SSSR count). The maximum Gasteiger partial charge on any atom is 0.311 e. The van der Waals surface area contributed by atoms with Gasteiger partial charge in [0.15, 0.2) is 12.4 Å². The summed E-state index contributed by atoms with van der Waals surface area (Å²) < 4.78 is 6.48. The average Bonchev–Trinajstić information content (AvgIpc) is 2.61. The maximum absolute atomic E-state index is 11.9. The molecule has 0 atom stereocenters. The van der Waals surface area contributed by atoms with Crippen LogP contribution in [-0.2, 0) is 4.79 Å². The topological polar surface area (TPSA) is 114 Å². The largest absolute Gasteiger partial charge is 0.502 e. The van der Waals surface area contributed by atoms with Gasteiger partial charge in [0.25, 0.3) is 5.91 Å². The van der Waals surface area contributed by atoms with E-state index in [0.717, 1.165) is 16.1 Å². The number of phenolic OH excluding ortho intramolecular Hbond substituents is 1. The van der Waals surface area contributed by atoms with E-state index in [1.54, 1.807) is 6.07 Å². The van der Waals surface area contributed by atoms with Gasteiger partial charge >= 0.3 is 5.69 Å². The van der Waals surface area contributed by atoms with Crippen LogP contribution >= 0.6 is 15.9 Å². The molecule has 0 aliphatic carbocycles. The van der Waals surface area contributed by atoms with Gasteiger partial charge in [0.1, 0.15) is 5.75 Å². The lowest BCUT2D eigenvalue weighted by atomic mass is 10.0. The van der Waals surface area contributed by atoms with Gasteiger partial charge in [-0.25, -0.2) is 5.43 Å². The van der Waals surface area contributed by atoms with E-state index in [9.17, 15) is 20.0 Å². The predicted molar refractivity (Wildman–Crippen MR) is 104 cm³/mol. The number of amides is 1. The van der Waals surface area contributed by atoms with Gasteiger partial charge in [0.05, 0.1) is 11.1 Å². The molecule has 0 fully saturated rings. The van der Waals surface area contributed by atoms with E-state index in [-0.39, 0.29) is 12.5 Å². The molecule has 8 nitrogen and oxygen atoms in total. The minimum atomic E-state index is -0.705. The van der Waals surface area contributed by atoms with Crippen molar-refractivity contribution in [2.24, 2.45) is 5.10 Å². The number of benzene rings is 2. The summed E-state index contributed by atoms with van der Waals surface area (Å²) in [6, 6.07) is 9.32. The number of rotatable bonds is 7. The van der Waals surface area contributed by atoms with E-state index in [2.05, 4.69) is 26.5 Å². The number of hydrogen-bond donors (Lipinski definition) is 2. The molecule has 2 aromatic carbocycles. The third kappa shape index (κ3) is 5.78. The number of hydrogen-bond acceptors (Lipinski definition) is 6. The summed E-state index contributed by atoms with van der Waals surface area (Å²) >= 11 is 3.41. The summed E-state index contributed by atoms with van der Waals surface area (Å²) in [5.41, 5.74) is 3.18. The van der Waals surface area contributed by atoms with Gasteiger partial charge in [-0.2, -0.15) is 5.10 Å². The number of nitrogens with one attached hydrogen (secondary N) is 1. The second-order valence-corrected chi connectivity index (χ2v) is 6.84. The van der Waals surface area contributed by atoms with Crippen molar-refractivity contribution in [2.45, 2.75) is 19.8 Å². The molecule has 0 saturated carbocycles. The van der Waals surface area contributed by atoms with Crippen LogP contribution < -0.4 is 10.2 Å². The third-order valence-electron chi connectivity index (χ3n) is 3.55. The summed E-state index contributed by atoms with van der Waals surface area (Å²) in [5, 5.41) is 23.9. The van der Waals surface area contributed by atoms with Gasteiger partial charge in [0, 0.05) is 16.1 Å². The SMILES string of the molecule is CC(C)c1cc(Br)ccc1OCC(=O)N/N=C/c1ccc(O)c([N+](=O)[O-])c1. The van der Waals surface area contributed by atoms with E-state index in [1.807, 2.05) is 26.0 Å². The zero-order chi connectivity index (χ0) is 20.0. The molecule has 0 heterocycles. The summed E-state index contributed by atoms with van der Waals surface area (Å²) in [7, 11) is 0. The Balaban J connectivity index is 1.95. The molecule has 0 aliphatic heterocycles. The van der Waals surface area contributed by atoms with Gasteiger partial charge in [-0.1, -0.05) is 29.8 Å². The van der Waals surface area contributed by atoms with Crippen molar-refractivity contribution in [1.82, 2.24) is 5.43 Å². The van der Waals surface area contributed by atoms with E-state index in [1.165, 1.54) is 18.3 Å². The number of aromatic hydroxyl groups is 1. The first-order valence-corrected chi connectivity index (χ1v) is 8.78. The Bertz CT molecular complexity index is 883. The highest BCUT2D eigenvalue weighted by Gasteiger charge is 2.13. The number of carbonyl (C=O) groups excluding carboxylic acids is 1. The molecule has 2 aromatic rings. The van der Waals surface area contributed by atoms with Gasteiger partial charge in [-0.3, -0.25) is 14.9 Å². The second-order valence-electron chi connectivity index (χ2n) is 5.92. The summed E-state index contributed by atoms with van der Waals surface area (Å²) in [6.45, 7) is 3.82. The lowest BCUT2D eigenvalue weighted by Gasteiger charge is -2.13. The minimum Gasteiger partial charge on any atom is -0.502 e. The molecule has 142 valence electrons. The molecule has 0 bridgehead atoms. The van der Waals surface area contributed by atoms with E-state index in [4.69, 9.17) is 4.74 Å². The summed E-state index contributed by atoms with van der Waals surface area (Å²) in [6.07, 6.45) is 1.24. The quantitative estimate of drug-likeness (QED) is 0.390. The number of ether oxygens (including phenoxy) is 1. The normalized spacial score (nSPS) is 11.0. The Hall–Kier alpha value is -2.94. The number of hydrazone groups is 1. The lowest BCUT2D eigenvalue weighted by molar-refractivity contribution is -0.385. The van der Waals surface area contributed by atoms with E-state index >= 15 is 0 Å². The fourth-order valence-electron chi connectivity index (χ4n) is 2.22. The van der Waals surface area contributed by atoms with Crippen LogP contribution in [-0.4, -0.2) is 28.8 Å². The fraction of sp³-hybridized carbons (Fsp3) is 0.222. The van der Waals surface area contributed by atoms with Crippen LogP contribution in [0.15, 0.2) is 46.0 Å². The highest BCUT2D eigenvalue weighted by Crippen LogP contribution is 2.29. The molecule has 1 amide bonds. The Morgan fingerprint density at radius 3 is 2.78 bits per heavy atom. The molecule has 0 unspecified atom stereocenters. The number of nitrogens with zero attached hydrogens (tertiary/aromatic N) is 2. The van der Waals surface area contributed by atoms with Gasteiger partial charge in [0.2, 0.25) is 0 Å². The van der Waals surface area contributed by atoms with Crippen molar-refractivity contribution in [2.75, 3.05) is 6.61 Å². The van der Waals surface area contributed by atoms with Crippen LogP contribution in [0, 0.1) is 10.1 Å². The highest BCUT2D eigenvalue weighted by atomic mass is 79.9. The van der Waals surface area contributed by atoms with Gasteiger partial charge in [-0.15, -0.1) is 0 Å². The second kappa shape index (κ2) is 9.13. The van der Waals surface area contributed by atoms with E-state index in [0.29, 0.717) is 11.3 Å². The third-order valence-corrected chi connectivity index (χ3v) is 4.04. The number of halogens is 1. The smallest absolute Gasteiger partial charge is 0.311 e. The van der Waals surface area contributed by atoms with Gasteiger partial charge in [-0.05, 0) is 41.8 Å². The Labute approximate surface area is 164 Å². The van der Waals surface area contributed by atoms with Crippen molar-refractivity contribution >= 4 is 33.7 Å². The lowest BCUT2D eigenvalue weighted by Crippen LogP contribution is -2.24. The minimum absolute atomic E-state index is 0.226. The van der Waals surface area contributed by atoms with Crippen molar-refractivity contribution in [3.8, 4) is 11.5 Å². The van der Waals surface area contributed by atoms with Crippen LogP contribution in [0.2, 0.25) is 0 Å². The van der Waals surface area contributed by atoms with E-state index < -0.39 is 22.3 Å². The highest BCUT2D eigenvalue weighted by molar-refractivity contribution is 9.10. The number of phenols is 1. The molecule has 2 N–H and O–H groups in total. The standard InChI is InChI=1S/C18H18BrN3O5/c1-11(2)14-8-13(19)4-6-17(14)27-10-18(24)21-20-9-12-3-5-16(23)15(7-12)22(25)26/h3-9,11,23H,10H2,1-2H3,(H,21,24)/b20-9+. The molecule has 0 aliphatic rings. The molecule has 0 saturated heterocycles. The number of carbonyl (C=O) groups is 1. The summed E-state index contributed by atoms with van der Waals surface area (Å²) in [4.78, 5) is 22.0. The van der Waals surface area contributed by atoms with Crippen LogP contribution in [0.5, 0.6) is 11.5 Å². The summed E-state index contributed by atoms with van der Waals surface area (Å²) in [5.74, 6) is -0.0763. The van der Waals surface area contributed by atoms with Gasteiger partial charge < -0.3 is 9.84 Å². The molecular weight excluding hydrogens is 418 g/mol. The molecule has 9 heteroatoms. The number of nitro groups is 1. The van der Waals surface area contributed by atoms with Crippen LogP contribution in [0.1, 0.15) is 30.9 Å². The predicted octanol–water partition coefficient (Wildman–Crippen LogP) is 3.72. The molecule has 0 spiro atoms. The number of nitro benzene ring substituents is 1. The van der Waals surface area contributed by atoms with Crippen LogP contribution in [0.4, 0.5) is 5.69 Å². The average molecular weight is 436 g/mol. The zero-order valence-corrected chi connectivity index (χ0v) is 16.3. The zero-order valence-electron chi connectivity index (χ0n) is 14.7. The first-order chi connectivity index (χ1) is 12.8. The monoisotopic (exact) mass is 435 g/mol.